The van der Waals surface area contributed by atoms with Crippen molar-refractivity contribution in [1.29, 1.82) is 0 Å². The van der Waals surface area contributed by atoms with Gasteiger partial charge in [0.15, 0.2) is 11.5 Å². The van der Waals surface area contributed by atoms with Gasteiger partial charge in [-0.3, -0.25) is 18.7 Å². The van der Waals surface area contributed by atoms with Crippen LogP contribution in [0.15, 0.2) is 69.2 Å². The molecule has 4 aromatic rings. The van der Waals surface area contributed by atoms with E-state index in [1.807, 2.05) is 30.3 Å². The van der Waals surface area contributed by atoms with E-state index >= 15 is 0 Å². The number of thioether (sulfide) groups is 1. The van der Waals surface area contributed by atoms with E-state index in [0.717, 1.165) is 21.9 Å². The Morgan fingerprint density at radius 1 is 1.00 bits per heavy atom. The van der Waals surface area contributed by atoms with Crippen molar-refractivity contribution in [1.82, 2.24) is 19.1 Å². The zero-order chi connectivity index (χ0) is 23.5. The van der Waals surface area contributed by atoms with Crippen molar-refractivity contribution < 1.29 is 13.9 Å². The van der Waals surface area contributed by atoms with Gasteiger partial charge in [0, 0.05) is 19.7 Å². The number of ether oxygens (including phenoxy) is 1. The molecule has 0 N–H and O–H groups in total. The summed E-state index contributed by atoms with van der Waals surface area (Å²) in [5, 5.41) is 0.346. The van der Waals surface area contributed by atoms with Crippen molar-refractivity contribution in [2.75, 3.05) is 5.75 Å². The predicted octanol–water partition coefficient (Wildman–Crippen LogP) is 2.67. The van der Waals surface area contributed by atoms with Crippen LogP contribution in [-0.4, -0.2) is 30.8 Å². The average molecular weight is 466 g/mol. The van der Waals surface area contributed by atoms with Gasteiger partial charge in [0.05, 0.1) is 5.75 Å². The van der Waals surface area contributed by atoms with Gasteiger partial charge in [0.25, 0.3) is 5.56 Å². The second-order valence-electron chi connectivity index (χ2n) is 7.20. The highest BCUT2D eigenvalue weighted by atomic mass is 32.2. The molecule has 0 saturated carbocycles. The minimum Gasteiger partial charge on any atom is -0.460 e. The normalized spacial score (nSPS) is 11.0. The third-order valence-electron chi connectivity index (χ3n) is 4.94. The number of aromatic nitrogens is 4. The van der Waals surface area contributed by atoms with Gasteiger partial charge in [-0.15, -0.1) is 0 Å². The summed E-state index contributed by atoms with van der Waals surface area (Å²) in [5.41, 5.74) is 0.358. The fourth-order valence-electron chi connectivity index (χ4n) is 3.17. The van der Waals surface area contributed by atoms with Gasteiger partial charge >= 0.3 is 11.7 Å². The lowest BCUT2D eigenvalue weighted by Gasteiger charge is -2.12. The summed E-state index contributed by atoms with van der Waals surface area (Å²) < 4.78 is 20.9. The summed E-state index contributed by atoms with van der Waals surface area (Å²) in [4.78, 5) is 46.5. The van der Waals surface area contributed by atoms with Gasteiger partial charge < -0.3 is 4.74 Å². The molecule has 0 spiro atoms. The van der Waals surface area contributed by atoms with Crippen LogP contribution < -0.4 is 11.2 Å². The highest BCUT2D eigenvalue weighted by Gasteiger charge is 2.19. The van der Waals surface area contributed by atoms with E-state index < -0.39 is 23.0 Å². The third-order valence-corrected chi connectivity index (χ3v) is 5.89. The molecule has 33 heavy (non-hydrogen) atoms. The van der Waals surface area contributed by atoms with Gasteiger partial charge in [0.1, 0.15) is 22.8 Å². The van der Waals surface area contributed by atoms with Crippen LogP contribution in [0.3, 0.4) is 0 Å². The molecule has 8 nitrogen and oxygen atoms in total. The smallest absolute Gasteiger partial charge is 0.332 e. The minimum absolute atomic E-state index is 0.103. The van der Waals surface area contributed by atoms with Crippen molar-refractivity contribution in [2.24, 2.45) is 14.1 Å². The molecule has 0 atom stereocenters. The molecule has 0 amide bonds. The summed E-state index contributed by atoms with van der Waals surface area (Å²) in [6, 6.07) is 14.8. The lowest BCUT2D eigenvalue weighted by molar-refractivity contribution is -0.141. The van der Waals surface area contributed by atoms with Gasteiger partial charge in [-0.1, -0.05) is 42.1 Å². The Bertz CT molecular complexity index is 1450. The molecule has 0 aliphatic heterocycles. The van der Waals surface area contributed by atoms with E-state index in [0.29, 0.717) is 5.56 Å². The molecule has 0 unspecified atom stereocenters. The third kappa shape index (κ3) is 4.70. The van der Waals surface area contributed by atoms with Crippen LogP contribution >= 0.6 is 11.8 Å². The Morgan fingerprint density at radius 2 is 1.70 bits per heavy atom. The van der Waals surface area contributed by atoms with Crippen molar-refractivity contribution in [3.63, 3.8) is 0 Å². The number of carbonyl (C=O) groups is 1. The first-order chi connectivity index (χ1) is 15.8. The Labute approximate surface area is 191 Å². The highest BCUT2D eigenvalue weighted by Crippen LogP contribution is 2.26. The summed E-state index contributed by atoms with van der Waals surface area (Å²) in [6.07, 6.45) is 0. The second kappa shape index (κ2) is 9.37. The molecule has 0 bridgehead atoms. The number of carbonyl (C=O) groups excluding carboxylic acids is 1. The van der Waals surface area contributed by atoms with Gasteiger partial charge in [-0.05, 0) is 29.8 Å². The van der Waals surface area contributed by atoms with E-state index in [1.165, 1.54) is 42.9 Å². The molecule has 0 radical (unpaired) electrons. The maximum absolute atomic E-state index is 13.4. The first kappa shape index (κ1) is 22.4. The van der Waals surface area contributed by atoms with Crippen molar-refractivity contribution >= 4 is 28.8 Å². The fraction of sp³-hybridized carbons (Fsp3) is 0.174. The van der Waals surface area contributed by atoms with Crippen LogP contribution in [0.5, 0.6) is 0 Å². The molecule has 0 saturated heterocycles. The lowest BCUT2D eigenvalue weighted by Crippen LogP contribution is -2.37. The van der Waals surface area contributed by atoms with Crippen LogP contribution in [0.4, 0.5) is 4.39 Å². The minimum atomic E-state index is -0.570. The highest BCUT2D eigenvalue weighted by molar-refractivity contribution is 8.00. The quantitative estimate of drug-likeness (QED) is 0.245. The number of hydrogen-bond acceptors (Lipinski definition) is 7. The summed E-state index contributed by atoms with van der Waals surface area (Å²) >= 11 is 1.01. The van der Waals surface area contributed by atoms with Crippen LogP contribution in [-0.2, 0) is 30.2 Å². The summed E-state index contributed by atoms with van der Waals surface area (Å²) in [6.45, 7) is 0.127. The molecule has 0 fully saturated rings. The van der Waals surface area contributed by atoms with Crippen LogP contribution in [0.2, 0.25) is 0 Å². The molecule has 2 heterocycles. The van der Waals surface area contributed by atoms with Gasteiger partial charge in [-0.25, -0.2) is 19.2 Å². The maximum atomic E-state index is 13.4. The number of fused-ring (bicyclic) bond motifs is 1. The molecular formula is C23H19FN4O4S. The number of nitrogens with zero attached hydrogens (tertiary/aromatic N) is 4. The Balaban J connectivity index is 1.70. The first-order valence-electron chi connectivity index (χ1n) is 9.91. The summed E-state index contributed by atoms with van der Waals surface area (Å²) in [5.74, 6) is -0.809. The van der Waals surface area contributed by atoms with Gasteiger partial charge in [-0.2, -0.15) is 0 Å². The van der Waals surface area contributed by atoms with E-state index in [9.17, 15) is 18.8 Å². The Hall–Kier alpha value is -3.79. The molecular weight excluding hydrogens is 447 g/mol. The molecule has 0 aliphatic carbocycles. The largest absolute Gasteiger partial charge is 0.460 e. The zero-order valence-electron chi connectivity index (χ0n) is 17.8. The van der Waals surface area contributed by atoms with Crippen molar-refractivity contribution in [3.05, 3.63) is 86.8 Å². The second-order valence-corrected chi connectivity index (χ2v) is 8.16. The van der Waals surface area contributed by atoms with Crippen LogP contribution in [0.25, 0.3) is 22.4 Å². The number of rotatable bonds is 6. The topological polar surface area (TPSA) is 96.1 Å². The first-order valence-corrected chi connectivity index (χ1v) is 10.9. The summed E-state index contributed by atoms with van der Waals surface area (Å²) in [7, 11) is 2.86. The van der Waals surface area contributed by atoms with Gasteiger partial charge in [0.2, 0.25) is 0 Å². The van der Waals surface area contributed by atoms with E-state index in [1.54, 1.807) is 0 Å². The number of esters is 1. The standard InChI is InChI=1S/C23H19FN4O4S/c1-27-20-18(22(30)28(2)23(27)31)21(26-19(25-20)15-8-10-16(24)11-9-15)33-13-17(29)32-12-14-6-4-3-5-7-14/h3-11H,12-13H2,1-2H3. The number of benzene rings is 2. The monoisotopic (exact) mass is 466 g/mol. The molecule has 2 aromatic carbocycles. The van der Waals surface area contributed by atoms with Crippen LogP contribution in [0, 0.1) is 5.82 Å². The Morgan fingerprint density at radius 3 is 2.39 bits per heavy atom. The molecule has 2 aromatic heterocycles. The van der Waals surface area contributed by atoms with E-state index in [4.69, 9.17) is 4.74 Å². The number of halogens is 1. The van der Waals surface area contributed by atoms with Crippen molar-refractivity contribution in [2.45, 2.75) is 11.6 Å². The Kier molecular flexibility index (Phi) is 6.36. The maximum Gasteiger partial charge on any atom is 0.332 e. The fourth-order valence-corrected chi connectivity index (χ4v) is 3.98. The molecule has 4 rings (SSSR count). The number of aryl methyl sites for hydroxylation is 1. The predicted molar refractivity (Wildman–Crippen MR) is 122 cm³/mol. The zero-order valence-corrected chi connectivity index (χ0v) is 18.6. The average Bonchev–Trinajstić information content (AvgIpc) is 2.84. The van der Waals surface area contributed by atoms with E-state index in [-0.39, 0.29) is 34.2 Å². The number of hydrogen-bond donors (Lipinski definition) is 0. The molecule has 168 valence electrons. The SMILES string of the molecule is Cn1c(=O)c2c(SCC(=O)OCc3ccccc3)nc(-c3ccc(F)cc3)nc2n(C)c1=O. The van der Waals surface area contributed by atoms with Crippen LogP contribution in [0.1, 0.15) is 5.56 Å². The van der Waals surface area contributed by atoms with E-state index in [2.05, 4.69) is 9.97 Å². The molecule has 10 heteroatoms. The molecule has 0 aliphatic rings. The lowest BCUT2D eigenvalue weighted by atomic mass is 10.2. The van der Waals surface area contributed by atoms with Crippen molar-refractivity contribution in [3.8, 4) is 11.4 Å².